The molecule has 19 heavy (non-hydrogen) atoms. The minimum Gasteiger partial charge on any atom is -0.480 e. The molecule has 0 aromatic carbocycles. The summed E-state index contributed by atoms with van der Waals surface area (Å²) in [5.74, 6) is -0.0522. The zero-order valence-corrected chi connectivity index (χ0v) is 11.6. The third-order valence-corrected chi connectivity index (χ3v) is 4.34. The number of carboxylic acid groups (broad SMARTS) is 1. The summed E-state index contributed by atoms with van der Waals surface area (Å²) in [4.78, 5) is 24.4. The lowest BCUT2D eigenvalue weighted by atomic mass is 9.86. The molecule has 2 fully saturated rings. The first-order chi connectivity index (χ1) is 9.16. The number of rotatable bonds is 7. The van der Waals surface area contributed by atoms with Gasteiger partial charge in [-0.3, -0.25) is 9.59 Å². The van der Waals surface area contributed by atoms with E-state index in [-0.39, 0.29) is 18.5 Å². The summed E-state index contributed by atoms with van der Waals surface area (Å²) in [5, 5.41) is 8.84. The Morgan fingerprint density at radius 2 is 1.74 bits per heavy atom. The molecule has 2 aliphatic carbocycles. The van der Waals surface area contributed by atoms with Crippen molar-refractivity contribution in [3.05, 3.63) is 0 Å². The molecular formula is C15H25NO3. The third kappa shape index (κ3) is 4.84. The van der Waals surface area contributed by atoms with Crippen molar-refractivity contribution in [1.82, 2.24) is 4.90 Å². The Balaban J connectivity index is 1.68. The first-order valence-corrected chi connectivity index (χ1v) is 7.68. The highest BCUT2D eigenvalue weighted by Crippen LogP contribution is 2.29. The van der Waals surface area contributed by atoms with Crippen molar-refractivity contribution >= 4 is 11.9 Å². The number of aliphatic carboxylic acids is 1. The van der Waals surface area contributed by atoms with Crippen molar-refractivity contribution in [3.8, 4) is 0 Å². The first kappa shape index (κ1) is 14.4. The van der Waals surface area contributed by atoms with Gasteiger partial charge in [0.2, 0.25) is 5.91 Å². The van der Waals surface area contributed by atoms with Gasteiger partial charge in [0.15, 0.2) is 0 Å². The second-order valence-electron chi connectivity index (χ2n) is 6.04. The van der Waals surface area contributed by atoms with Crippen LogP contribution in [-0.4, -0.2) is 34.5 Å². The van der Waals surface area contributed by atoms with E-state index < -0.39 is 5.97 Å². The van der Waals surface area contributed by atoms with Gasteiger partial charge in [-0.15, -0.1) is 0 Å². The van der Waals surface area contributed by atoms with Gasteiger partial charge in [0.25, 0.3) is 0 Å². The molecule has 0 spiro atoms. The van der Waals surface area contributed by atoms with Gasteiger partial charge in [0.05, 0.1) is 0 Å². The fourth-order valence-corrected chi connectivity index (χ4v) is 3.11. The number of hydrogen-bond acceptors (Lipinski definition) is 2. The third-order valence-electron chi connectivity index (χ3n) is 4.34. The number of hydrogen-bond donors (Lipinski definition) is 1. The Labute approximate surface area is 115 Å². The molecule has 4 nitrogen and oxygen atoms in total. The normalized spacial score (nSPS) is 20.2. The number of nitrogens with zero attached hydrogens (tertiary/aromatic N) is 1. The Morgan fingerprint density at radius 3 is 2.32 bits per heavy atom. The van der Waals surface area contributed by atoms with Gasteiger partial charge in [-0.05, 0) is 31.6 Å². The molecule has 0 atom stereocenters. The van der Waals surface area contributed by atoms with Crippen molar-refractivity contribution in [2.45, 2.75) is 70.3 Å². The molecule has 0 bridgehead atoms. The Kier molecular flexibility index (Phi) is 5.23. The number of amides is 1. The average Bonchev–Trinajstić information content (AvgIpc) is 3.21. The van der Waals surface area contributed by atoms with Crippen molar-refractivity contribution in [3.63, 3.8) is 0 Å². The van der Waals surface area contributed by atoms with Crippen LogP contribution in [0.15, 0.2) is 0 Å². The van der Waals surface area contributed by atoms with Crippen LogP contribution in [-0.2, 0) is 9.59 Å². The molecule has 2 saturated carbocycles. The van der Waals surface area contributed by atoms with Crippen molar-refractivity contribution in [2.75, 3.05) is 6.54 Å². The van der Waals surface area contributed by atoms with Gasteiger partial charge in [-0.1, -0.05) is 32.1 Å². The lowest BCUT2D eigenvalue weighted by molar-refractivity contribution is -0.145. The average molecular weight is 267 g/mol. The molecule has 0 aromatic heterocycles. The van der Waals surface area contributed by atoms with Crippen LogP contribution in [0.2, 0.25) is 0 Å². The molecule has 2 aliphatic rings. The highest BCUT2D eigenvalue weighted by Gasteiger charge is 2.33. The van der Waals surface area contributed by atoms with E-state index in [2.05, 4.69) is 0 Å². The van der Waals surface area contributed by atoms with E-state index in [1.54, 1.807) is 4.90 Å². The van der Waals surface area contributed by atoms with Crippen LogP contribution in [0.1, 0.15) is 64.2 Å². The summed E-state index contributed by atoms with van der Waals surface area (Å²) < 4.78 is 0. The van der Waals surface area contributed by atoms with E-state index in [1.807, 2.05) is 0 Å². The predicted molar refractivity (Wildman–Crippen MR) is 72.8 cm³/mol. The molecular weight excluding hydrogens is 242 g/mol. The Hall–Kier alpha value is -1.06. The summed E-state index contributed by atoms with van der Waals surface area (Å²) in [6.45, 7) is -0.118. The van der Waals surface area contributed by atoms with Gasteiger partial charge < -0.3 is 10.0 Å². The lowest BCUT2D eigenvalue weighted by Crippen LogP contribution is -2.37. The van der Waals surface area contributed by atoms with Crippen molar-refractivity contribution in [2.24, 2.45) is 5.92 Å². The summed E-state index contributed by atoms with van der Waals surface area (Å²) in [7, 11) is 0. The smallest absolute Gasteiger partial charge is 0.323 e. The van der Waals surface area contributed by atoms with Gasteiger partial charge in [-0.2, -0.15) is 0 Å². The van der Waals surface area contributed by atoms with Crippen LogP contribution in [0.4, 0.5) is 0 Å². The predicted octanol–water partition coefficient (Wildman–Crippen LogP) is 2.81. The minimum absolute atomic E-state index is 0.0423. The Bertz CT molecular complexity index is 319. The summed E-state index contributed by atoms with van der Waals surface area (Å²) in [6, 6.07) is 0.207. The zero-order valence-electron chi connectivity index (χ0n) is 11.6. The number of carbonyl (C=O) groups excluding carboxylic acids is 1. The van der Waals surface area contributed by atoms with Gasteiger partial charge in [0, 0.05) is 12.5 Å². The molecule has 4 heteroatoms. The second kappa shape index (κ2) is 6.92. The molecule has 108 valence electrons. The molecule has 1 N–H and O–H groups in total. The lowest BCUT2D eigenvalue weighted by Gasteiger charge is -2.23. The largest absolute Gasteiger partial charge is 0.480 e. The second-order valence-corrected chi connectivity index (χ2v) is 6.04. The number of carboxylic acids is 1. The summed E-state index contributed by atoms with van der Waals surface area (Å²) in [5.41, 5.74) is 0. The van der Waals surface area contributed by atoms with Crippen LogP contribution in [0.5, 0.6) is 0 Å². The van der Waals surface area contributed by atoms with Crippen LogP contribution in [0, 0.1) is 5.92 Å². The highest BCUT2D eigenvalue weighted by atomic mass is 16.4. The van der Waals surface area contributed by atoms with Crippen LogP contribution < -0.4 is 0 Å². The van der Waals surface area contributed by atoms with Crippen LogP contribution >= 0.6 is 0 Å². The Morgan fingerprint density at radius 1 is 1.05 bits per heavy atom. The summed E-state index contributed by atoms with van der Waals surface area (Å²) in [6.07, 6.45) is 11.2. The topological polar surface area (TPSA) is 57.6 Å². The van der Waals surface area contributed by atoms with E-state index >= 15 is 0 Å². The molecule has 0 heterocycles. The van der Waals surface area contributed by atoms with E-state index in [1.165, 1.54) is 32.1 Å². The van der Waals surface area contributed by atoms with Crippen molar-refractivity contribution < 1.29 is 14.7 Å². The monoisotopic (exact) mass is 267 g/mol. The fraction of sp³-hybridized carbons (Fsp3) is 0.867. The first-order valence-electron chi connectivity index (χ1n) is 7.68. The van der Waals surface area contributed by atoms with Gasteiger partial charge in [0.1, 0.15) is 6.54 Å². The maximum Gasteiger partial charge on any atom is 0.323 e. The molecule has 1 amide bonds. The molecule has 0 unspecified atom stereocenters. The molecule has 0 aromatic rings. The number of carbonyl (C=O) groups is 2. The van der Waals surface area contributed by atoms with Crippen LogP contribution in [0.3, 0.4) is 0 Å². The van der Waals surface area contributed by atoms with Gasteiger partial charge >= 0.3 is 5.97 Å². The van der Waals surface area contributed by atoms with Crippen molar-refractivity contribution in [1.29, 1.82) is 0 Å². The standard InChI is InChI=1S/C15H25NO3/c17-14(16(11-15(18)19)13-9-10-13)8-4-7-12-5-2-1-3-6-12/h12-13H,1-11H2,(H,18,19). The van der Waals surface area contributed by atoms with Crippen LogP contribution in [0.25, 0.3) is 0 Å². The summed E-state index contributed by atoms with van der Waals surface area (Å²) >= 11 is 0. The fourth-order valence-electron chi connectivity index (χ4n) is 3.11. The molecule has 0 aliphatic heterocycles. The van der Waals surface area contributed by atoms with E-state index in [9.17, 15) is 9.59 Å². The molecule has 0 saturated heterocycles. The maximum atomic E-state index is 12.1. The van der Waals surface area contributed by atoms with E-state index in [4.69, 9.17) is 5.11 Å². The minimum atomic E-state index is -0.896. The highest BCUT2D eigenvalue weighted by molar-refractivity contribution is 5.81. The van der Waals surface area contributed by atoms with E-state index in [0.29, 0.717) is 6.42 Å². The zero-order chi connectivity index (χ0) is 13.7. The maximum absolute atomic E-state index is 12.1. The van der Waals surface area contributed by atoms with E-state index in [0.717, 1.165) is 31.6 Å². The quantitative estimate of drug-likeness (QED) is 0.771. The van der Waals surface area contributed by atoms with Gasteiger partial charge in [-0.25, -0.2) is 0 Å². The molecule has 2 rings (SSSR count). The SMILES string of the molecule is O=C(O)CN(C(=O)CCCC1CCCCC1)C1CC1. The molecule has 0 radical (unpaired) electrons.